The maximum absolute atomic E-state index is 12.9. The Kier molecular flexibility index (Phi) is 54.7. The molecule has 0 spiro atoms. The highest BCUT2D eigenvalue weighted by Crippen LogP contribution is 2.17. The fourth-order valence-corrected chi connectivity index (χ4v) is 8.91. The molecule has 1 unspecified atom stereocenters. The van der Waals surface area contributed by atoms with Crippen LogP contribution in [0.1, 0.15) is 329 Å². The minimum Gasteiger partial charge on any atom is -0.462 e. The van der Waals surface area contributed by atoms with Gasteiger partial charge in [0.1, 0.15) is 13.2 Å². The second-order valence-electron chi connectivity index (χ2n) is 20.3. The van der Waals surface area contributed by atoms with Crippen molar-refractivity contribution in [3.8, 4) is 0 Å². The lowest BCUT2D eigenvalue weighted by Gasteiger charge is -2.18. The van der Waals surface area contributed by atoms with E-state index in [1.54, 1.807) is 0 Å². The summed E-state index contributed by atoms with van der Waals surface area (Å²) in [5.74, 6) is -0.868. The van der Waals surface area contributed by atoms with Crippen molar-refractivity contribution in [2.75, 3.05) is 13.2 Å². The second-order valence-corrected chi connectivity index (χ2v) is 20.3. The van der Waals surface area contributed by atoms with Gasteiger partial charge in [-0.1, -0.05) is 263 Å². The Morgan fingerprint density at radius 3 is 0.746 bits per heavy atom. The highest BCUT2D eigenvalue weighted by molar-refractivity contribution is 5.71. The van der Waals surface area contributed by atoms with E-state index in [2.05, 4.69) is 45.1 Å². The number of allylic oxidation sites excluding steroid dienone is 4. The number of carbonyl (C=O) groups excluding carboxylic acids is 3. The molecule has 394 valence electrons. The van der Waals surface area contributed by atoms with E-state index in [1.807, 2.05) is 0 Å². The van der Waals surface area contributed by atoms with Crippen molar-refractivity contribution in [3.05, 3.63) is 24.3 Å². The molecule has 67 heavy (non-hydrogen) atoms. The molecule has 0 aromatic rings. The van der Waals surface area contributed by atoms with Crippen LogP contribution in [0.25, 0.3) is 0 Å². The fraction of sp³-hybridized carbons (Fsp3) is 0.885. The molecule has 6 heteroatoms. The Morgan fingerprint density at radius 2 is 0.493 bits per heavy atom. The Morgan fingerprint density at radius 1 is 0.284 bits per heavy atom. The van der Waals surface area contributed by atoms with E-state index in [1.165, 1.54) is 218 Å². The van der Waals surface area contributed by atoms with Gasteiger partial charge in [0.2, 0.25) is 0 Å². The summed E-state index contributed by atoms with van der Waals surface area (Å²) in [6, 6.07) is 0. The van der Waals surface area contributed by atoms with E-state index in [0.29, 0.717) is 19.3 Å². The summed E-state index contributed by atoms with van der Waals surface area (Å²) in [7, 11) is 0. The average molecular weight is 944 g/mol. The van der Waals surface area contributed by atoms with E-state index >= 15 is 0 Å². The van der Waals surface area contributed by atoms with Crippen LogP contribution in [-0.4, -0.2) is 37.2 Å². The molecule has 0 radical (unpaired) electrons. The van der Waals surface area contributed by atoms with Gasteiger partial charge in [0.25, 0.3) is 0 Å². The molecule has 0 bridgehead atoms. The van der Waals surface area contributed by atoms with Crippen molar-refractivity contribution >= 4 is 17.9 Å². The molecule has 0 fully saturated rings. The van der Waals surface area contributed by atoms with Crippen LogP contribution in [0.5, 0.6) is 0 Å². The molecule has 0 aliphatic rings. The normalized spacial score (nSPS) is 12.1. The van der Waals surface area contributed by atoms with E-state index < -0.39 is 6.10 Å². The molecular weight excluding hydrogens is 829 g/mol. The molecule has 1 atom stereocenters. The quantitative estimate of drug-likeness (QED) is 0.0262. The van der Waals surface area contributed by atoms with Gasteiger partial charge in [0.05, 0.1) is 0 Å². The number of carbonyl (C=O) groups is 3. The first-order chi connectivity index (χ1) is 33.0. The number of unbranched alkanes of at least 4 members (excludes halogenated alkanes) is 40. The van der Waals surface area contributed by atoms with Crippen molar-refractivity contribution in [2.45, 2.75) is 335 Å². The van der Waals surface area contributed by atoms with E-state index in [9.17, 15) is 14.4 Å². The fourth-order valence-electron chi connectivity index (χ4n) is 8.91. The van der Waals surface area contributed by atoms with Crippen molar-refractivity contribution in [2.24, 2.45) is 0 Å². The standard InChI is InChI=1S/C61H114O6/c1-4-7-10-13-16-19-22-25-28-31-34-36-39-42-45-48-51-54-60(63)66-57-58(67-61(64)55-52-49-46-43-40-37-33-30-27-24-21-18-15-12-9-6-3)56-65-59(62)53-50-47-44-41-38-35-32-29-26-23-20-17-14-11-8-5-2/h29-30,32-33,58H,4-28,31,34-57H2,1-3H3/b32-29-,33-30-. The van der Waals surface area contributed by atoms with Crippen molar-refractivity contribution in [1.29, 1.82) is 0 Å². The van der Waals surface area contributed by atoms with Gasteiger partial charge in [-0.05, 0) is 70.6 Å². The van der Waals surface area contributed by atoms with E-state index in [-0.39, 0.29) is 31.1 Å². The number of ether oxygens (including phenoxy) is 3. The summed E-state index contributed by atoms with van der Waals surface area (Å²) in [5.41, 5.74) is 0. The Balaban J connectivity index is 4.35. The predicted molar refractivity (Wildman–Crippen MR) is 289 cm³/mol. The Hall–Kier alpha value is -2.11. The Labute approximate surface area is 417 Å². The molecule has 0 aliphatic carbocycles. The third kappa shape index (κ3) is 54.7. The summed E-state index contributed by atoms with van der Waals surface area (Å²) in [4.78, 5) is 38.2. The van der Waals surface area contributed by atoms with Gasteiger partial charge in [0, 0.05) is 19.3 Å². The minimum absolute atomic E-state index is 0.0726. The van der Waals surface area contributed by atoms with Gasteiger partial charge in [-0.25, -0.2) is 0 Å². The summed E-state index contributed by atoms with van der Waals surface area (Å²) >= 11 is 0. The predicted octanol–water partition coefficient (Wildman–Crippen LogP) is 19.9. The largest absolute Gasteiger partial charge is 0.462 e. The molecule has 0 saturated heterocycles. The molecule has 0 aliphatic heterocycles. The van der Waals surface area contributed by atoms with Crippen LogP contribution in [-0.2, 0) is 28.6 Å². The molecule has 6 nitrogen and oxygen atoms in total. The van der Waals surface area contributed by atoms with Crippen LogP contribution < -0.4 is 0 Å². The zero-order valence-electron chi connectivity index (χ0n) is 45.2. The SMILES string of the molecule is CCCCCCCCC/C=C\CCCCCCCC(=O)OCC(COC(=O)CCCCCCCCCCCCCCCCCCC)OC(=O)CCCCCCC/C=C\CCCCCCCCC. The van der Waals surface area contributed by atoms with Crippen molar-refractivity contribution in [3.63, 3.8) is 0 Å². The number of esters is 3. The highest BCUT2D eigenvalue weighted by Gasteiger charge is 2.19. The first-order valence-corrected chi connectivity index (χ1v) is 29.8. The first-order valence-electron chi connectivity index (χ1n) is 29.8. The zero-order valence-corrected chi connectivity index (χ0v) is 45.2. The number of hydrogen-bond acceptors (Lipinski definition) is 6. The summed E-state index contributed by atoms with van der Waals surface area (Å²) in [5, 5.41) is 0. The highest BCUT2D eigenvalue weighted by atomic mass is 16.6. The van der Waals surface area contributed by atoms with Gasteiger partial charge in [-0.3, -0.25) is 14.4 Å². The average Bonchev–Trinajstić information content (AvgIpc) is 3.33. The Bertz CT molecular complexity index is 1080. The van der Waals surface area contributed by atoms with Crippen molar-refractivity contribution in [1.82, 2.24) is 0 Å². The number of rotatable bonds is 55. The lowest BCUT2D eigenvalue weighted by molar-refractivity contribution is -0.167. The maximum atomic E-state index is 12.9. The van der Waals surface area contributed by atoms with Crippen LogP contribution >= 0.6 is 0 Å². The molecule has 0 N–H and O–H groups in total. The van der Waals surface area contributed by atoms with Gasteiger partial charge in [-0.2, -0.15) is 0 Å². The molecule has 0 aromatic heterocycles. The molecule has 0 aromatic carbocycles. The topological polar surface area (TPSA) is 78.9 Å². The zero-order chi connectivity index (χ0) is 48.6. The van der Waals surface area contributed by atoms with Gasteiger partial charge in [0.15, 0.2) is 6.10 Å². The van der Waals surface area contributed by atoms with E-state index in [4.69, 9.17) is 14.2 Å². The summed E-state index contributed by atoms with van der Waals surface area (Å²) in [6.07, 6.45) is 66.0. The third-order valence-electron chi connectivity index (χ3n) is 13.4. The number of hydrogen-bond donors (Lipinski definition) is 0. The minimum atomic E-state index is -0.775. The maximum Gasteiger partial charge on any atom is 0.306 e. The van der Waals surface area contributed by atoms with Crippen molar-refractivity contribution < 1.29 is 28.6 Å². The monoisotopic (exact) mass is 943 g/mol. The summed E-state index contributed by atoms with van der Waals surface area (Å²) < 4.78 is 16.9. The van der Waals surface area contributed by atoms with Crippen LogP contribution in [0.3, 0.4) is 0 Å². The third-order valence-corrected chi connectivity index (χ3v) is 13.4. The molecule has 0 amide bonds. The molecule has 0 rings (SSSR count). The molecular formula is C61H114O6. The van der Waals surface area contributed by atoms with Crippen LogP contribution in [0, 0.1) is 0 Å². The van der Waals surface area contributed by atoms with Crippen LogP contribution in [0.4, 0.5) is 0 Å². The lowest BCUT2D eigenvalue weighted by Crippen LogP contribution is -2.30. The van der Waals surface area contributed by atoms with Gasteiger partial charge >= 0.3 is 17.9 Å². The van der Waals surface area contributed by atoms with Gasteiger partial charge < -0.3 is 14.2 Å². The first kappa shape index (κ1) is 64.9. The molecule has 0 heterocycles. The van der Waals surface area contributed by atoms with Gasteiger partial charge in [-0.15, -0.1) is 0 Å². The molecule has 0 saturated carbocycles. The summed E-state index contributed by atoms with van der Waals surface area (Å²) in [6.45, 7) is 6.67. The smallest absolute Gasteiger partial charge is 0.306 e. The van der Waals surface area contributed by atoms with Crippen LogP contribution in [0.2, 0.25) is 0 Å². The lowest BCUT2D eigenvalue weighted by atomic mass is 10.0. The van der Waals surface area contributed by atoms with E-state index in [0.717, 1.165) is 70.6 Å². The van der Waals surface area contributed by atoms with Crippen LogP contribution in [0.15, 0.2) is 24.3 Å². The second kappa shape index (κ2) is 56.5.